The monoisotopic (exact) mass is 529 g/mol. The number of hydrogen-bond acceptors (Lipinski definition) is 4. The molecule has 0 saturated heterocycles. The molecule has 0 fully saturated rings. The first-order valence-electron chi connectivity index (χ1n) is 11.8. The summed E-state index contributed by atoms with van der Waals surface area (Å²) in [5, 5.41) is 4.98. The lowest BCUT2D eigenvalue weighted by Crippen LogP contribution is -2.52. The van der Waals surface area contributed by atoms with Crippen LogP contribution >= 0.6 is 11.6 Å². The van der Waals surface area contributed by atoms with Gasteiger partial charge in [-0.25, -0.2) is 8.42 Å². The normalized spacial score (nSPS) is 13.1. The van der Waals surface area contributed by atoms with Gasteiger partial charge in [0.25, 0.3) is 0 Å². The maximum absolute atomic E-state index is 13.7. The number of amides is 2. The van der Waals surface area contributed by atoms with Gasteiger partial charge in [-0.1, -0.05) is 67.1 Å². The molecule has 9 heteroatoms. The van der Waals surface area contributed by atoms with E-state index in [0.717, 1.165) is 27.9 Å². The average Bonchev–Trinajstić information content (AvgIpc) is 2.84. The third-order valence-corrected chi connectivity index (χ3v) is 7.49. The van der Waals surface area contributed by atoms with Gasteiger partial charge in [0, 0.05) is 23.0 Å². The van der Waals surface area contributed by atoms with E-state index in [9.17, 15) is 18.0 Å². The quantitative estimate of drug-likeness (QED) is 0.416. The topological polar surface area (TPSA) is 86.8 Å². The van der Waals surface area contributed by atoms with Crippen LogP contribution in [0.3, 0.4) is 0 Å². The Morgan fingerprint density at radius 3 is 2.33 bits per heavy atom. The zero-order valence-electron chi connectivity index (χ0n) is 20.9. The van der Waals surface area contributed by atoms with Crippen LogP contribution in [0, 0.1) is 0 Å². The van der Waals surface area contributed by atoms with Crippen LogP contribution in [-0.2, 0) is 26.2 Å². The zero-order chi connectivity index (χ0) is 26.5. The fourth-order valence-electron chi connectivity index (χ4n) is 3.90. The van der Waals surface area contributed by atoms with Crippen molar-refractivity contribution < 1.29 is 18.0 Å². The van der Waals surface area contributed by atoms with Gasteiger partial charge < -0.3 is 10.2 Å². The molecule has 0 spiro atoms. The molecule has 36 heavy (non-hydrogen) atoms. The fraction of sp³-hybridized carbons (Fsp3) is 0.333. The van der Waals surface area contributed by atoms with Gasteiger partial charge in [-0.3, -0.25) is 13.9 Å². The van der Waals surface area contributed by atoms with E-state index in [0.29, 0.717) is 16.1 Å². The van der Waals surface area contributed by atoms with Crippen molar-refractivity contribution in [2.75, 3.05) is 17.1 Å². The highest BCUT2D eigenvalue weighted by molar-refractivity contribution is 7.92. The summed E-state index contributed by atoms with van der Waals surface area (Å²) in [5.41, 5.74) is 1.14. The summed E-state index contributed by atoms with van der Waals surface area (Å²) in [7, 11) is -3.82. The summed E-state index contributed by atoms with van der Waals surface area (Å²) >= 11 is 6.15. The van der Waals surface area contributed by atoms with Crippen molar-refractivity contribution in [3.05, 3.63) is 77.3 Å². The third-order valence-electron chi connectivity index (χ3n) is 6.12. The first kappa shape index (κ1) is 27.5. The molecule has 2 atom stereocenters. The highest BCUT2D eigenvalue weighted by atomic mass is 35.5. The molecule has 0 heterocycles. The second-order valence-corrected chi connectivity index (χ2v) is 11.3. The Bertz CT molecular complexity index is 1340. The van der Waals surface area contributed by atoms with Crippen molar-refractivity contribution in [1.29, 1.82) is 0 Å². The summed E-state index contributed by atoms with van der Waals surface area (Å²) in [4.78, 5) is 28.1. The molecule has 0 aromatic heterocycles. The lowest BCUT2D eigenvalue weighted by molar-refractivity contribution is -0.139. The molecule has 1 N–H and O–H groups in total. The second-order valence-electron chi connectivity index (χ2n) is 8.91. The predicted molar refractivity (Wildman–Crippen MR) is 145 cm³/mol. The standard InChI is InChI=1S/C27H32ClN3O4S/c1-5-19(2)29-27(33)20(3)30(17-21-10-8-13-23(28)16-21)26(32)18-31(36(4,34)35)25-15-9-12-22-11-6-7-14-24(22)25/h6-16,19-20H,5,17-18H2,1-4H3,(H,29,33)/t19-,20+/m1/s1. The van der Waals surface area contributed by atoms with E-state index in [1.807, 2.05) is 50.2 Å². The minimum absolute atomic E-state index is 0.0636. The maximum Gasteiger partial charge on any atom is 0.244 e. The number of benzene rings is 3. The largest absolute Gasteiger partial charge is 0.352 e. The van der Waals surface area contributed by atoms with Gasteiger partial charge in [-0.05, 0) is 49.4 Å². The highest BCUT2D eigenvalue weighted by Crippen LogP contribution is 2.28. The Balaban J connectivity index is 1.99. The van der Waals surface area contributed by atoms with Gasteiger partial charge in [-0.15, -0.1) is 0 Å². The summed E-state index contributed by atoms with van der Waals surface area (Å²) in [6.45, 7) is 5.14. The van der Waals surface area contributed by atoms with Crippen LogP contribution in [0.4, 0.5) is 5.69 Å². The van der Waals surface area contributed by atoms with Crippen LogP contribution in [0.1, 0.15) is 32.8 Å². The molecule has 0 radical (unpaired) electrons. The van der Waals surface area contributed by atoms with Crippen molar-refractivity contribution in [1.82, 2.24) is 10.2 Å². The van der Waals surface area contributed by atoms with Crippen molar-refractivity contribution >= 4 is 49.9 Å². The van der Waals surface area contributed by atoms with Crippen LogP contribution in [-0.4, -0.2) is 50.0 Å². The summed E-state index contributed by atoms with van der Waals surface area (Å²) in [6.07, 6.45) is 1.81. The number of nitrogens with zero attached hydrogens (tertiary/aromatic N) is 2. The molecule has 0 saturated carbocycles. The highest BCUT2D eigenvalue weighted by Gasteiger charge is 2.31. The van der Waals surface area contributed by atoms with Crippen molar-refractivity contribution in [2.45, 2.75) is 45.8 Å². The Morgan fingerprint density at radius 2 is 1.67 bits per heavy atom. The van der Waals surface area contributed by atoms with Crippen molar-refractivity contribution in [3.8, 4) is 0 Å². The molecule has 3 aromatic carbocycles. The first-order chi connectivity index (χ1) is 17.0. The van der Waals surface area contributed by atoms with E-state index in [1.165, 1.54) is 4.90 Å². The van der Waals surface area contributed by atoms with Gasteiger partial charge in [0.15, 0.2) is 0 Å². The van der Waals surface area contributed by atoms with Crippen molar-refractivity contribution in [2.24, 2.45) is 0 Å². The Kier molecular flexibility index (Phi) is 8.98. The summed E-state index contributed by atoms with van der Waals surface area (Å²) < 4.78 is 26.9. The van der Waals surface area contributed by atoms with Crippen LogP contribution in [0.15, 0.2) is 66.7 Å². The van der Waals surface area contributed by atoms with E-state index in [4.69, 9.17) is 11.6 Å². The zero-order valence-corrected chi connectivity index (χ0v) is 22.5. The van der Waals surface area contributed by atoms with Crippen molar-refractivity contribution in [3.63, 3.8) is 0 Å². The van der Waals surface area contributed by atoms with Crippen LogP contribution in [0.5, 0.6) is 0 Å². The van der Waals surface area contributed by atoms with E-state index in [2.05, 4.69) is 5.32 Å². The minimum atomic E-state index is -3.82. The smallest absolute Gasteiger partial charge is 0.244 e. The SMILES string of the molecule is CC[C@@H](C)NC(=O)[C@H](C)N(Cc1cccc(Cl)c1)C(=O)CN(c1cccc2ccccc12)S(C)(=O)=O. The fourth-order valence-corrected chi connectivity index (χ4v) is 4.98. The molecule has 2 amide bonds. The van der Waals surface area contributed by atoms with Gasteiger partial charge in [-0.2, -0.15) is 0 Å². The molecule has 3 aromatic rings. The molecule has 192 valence electrons. The minimum Gasteiger partial charge on any atom is -0.352 e. The number of anilines is 1. The number of nitrogens with one attached hydrogen (secondary N) is 1. The van der Waals surface area contributed by atoms with Gasteiger partial charge >= 0.3 is 0 Å². The van der Waals surface area contributed by atoms with Gasteiger partial charge in [0.1, 0.15) is 12.6 Å². The van der Waals surface area contributed by atoms with Crippen LogP contribution in [0.25, 0.3) is 10.8 Å². The number of carbonyl (C=O) groups excluding carboxylic acids is 2. The van der Waals surface area contributed by atoms with Crippen LogP contribution < -0.4 is 9.62 Å². The van der Waals surface area contributed by atoms with Crippen LogP contribution in [0.2, 0.25) is 5.02 Å². The molecule has 7 nitrogen and oxygen atoms in total. The van der Waals surface area contributed by atoms with Gasteiger partial charge in [0.2, 0.25) is 21.8 Å². The molecular weight excluding hydrogens is 498 g/mol. The Labute approximate surface area is 218 Å². The Morgan fingerprint density at radius 1 is 1.00 bits per heavy atom. The Hall–Kier alpha value is -3.10. The second kappa shape index (κ2) is 11.8. The van der Waals surface area contributed by atoms with E-state index < -0.39 is 28.5 Å². The molecule has 0 aliphatic carbocycles. The number of rotatable bonds is 10. The molecule has 0 aliphatic heterocycles. The summed E-state index contributed by atoms with van der Waals surface area (Å²) in [5.74, 6) is -0.809. The number of carbonyl (C=O) groups is 2. The third kappa shape index (κ3) is 6.77. The molecule has 3 rings (SSSR count). The maximum atomic E-state index is 13.7. The predicted octanol–water partition coefficient (Wildman–Crippen LogP) is 4.59. The number of hydrogen-bond donors (Lipinski definition) is 1. The van der Waals surface area contributed by atoms with E-state index >= 15 is 0 Å². The number of fused-ring (bicyclic) bond motifs is 1. The average molecular weight is 530 g/mol. The lowest BCUT2D eigenvalue weighted by atomic mass is 10.1. The molecule has 0 unspecified atom stereocenters. The number of halogens is 1. The molecular formula is C27H32ClN3O4S. The summed E-state index contributed by atoms with van der Waals surface area (Å²) in [6, 6.07) is 18.8. The lowest BCUT2D eigenvalue weighted by Gasteiger charge is -2.32. The molecule has 0 bridgehead atoms. The van der Waals surface area contributed by atoms with E-state index in [-0.39, 0.29) is 18.5 Å². The first-order valence-corrected chi connectivity index (χ1v) is 14.0. The number of sulfonamides is 1. The molecule has 0 aliphatic rings. The van der Waals surface area contributed by atoms with Gasteiger partial charge in [0.05, 0.1) is 11.9 Å². The van der Waals surface area contributed by atoms with E-state index in [1.54, 1.807) is 37.3 Å².